The molecule has 2 amide bonds. The second kappa shape index (κ2) is 3.92. The minimum Gasteiger partial charge on any atom is -0.373 e. The summed E-state index contributed by atoms with van der Waals surface area (Å²) in [5, 5.41) is 5.04. The highest BCUT2D eigenvalue weighted by Crippen LogP contribution is 2.20. The fourth-order valence-corrected chi connectivity index (χ4v) is 1.62. The van der Waals surface area contributed by atoms with Crippen molar-refractivity contribution in [3.63, 3.8) is 0 Å². The lowest BCUT2D eigenvalue weighted by molar-refractivity contribution is -0.124. The molecule has 16 heavy (non-hydrogen) atoms. The summed E-state index contributed by atoms with van der Waals surface area (Å²) in [6, 6.07) is 3.97. The maximum atomic E-state index is 13.2. The molecule has 1 fully saturated rings. The molecule has 1 aliphatic heterocycles. The number of carbonyl (C=O) groups excluding carboxylic acids is 2. The normalized spacial score (nSPS) is 19.8. The summed E-state index contributed by atoms with van der Waals surface area (Å²) in [4.78, 5) is 22.3. The summed E-state index contributed by atoms with van der Waals surface area (Å²) in [7, 11) is 0. The first-order chi connectivity index (χ1) is 7.58. The molecule has 1 atom stereocenters. The Morgan fingerprint density at radius 2 is 2.19 bits per heavy atom. The number of anilines is 1. The highest BCUT2D eigenvalue weighted by atomic mass is 19.1. The zero-order chi connectivity index (χ0) is 11.7. The molecule has 1 aliphatic rings. The molecule has 1 saturated heterocycles. The molecule has 0 radical (unpaired) electrons. The van der Waals surface area contributed by atoms with E-state index in [2.05, 4.69) is 10.6 Å². The lowest BCUT2D eigenvalue weighted by Crippen LogP contribution is -2.30. The molecule has 0 aromatic heterocycles. The third kappa shape index (κ3) is 1.88. The Morgan fingerprint density at radius 1 is 1.44 bits per heavy atom. The Kier molecular flexibility index (Phi) is 2.60. The zero-order valence-electron chi connectivity index (χ0n) is 8.71. The zero-order valence-corrected chi connectivity index (χ0v) is 8.71. The Morgan fingerprint density at radius 3 is 2.81 bits per heavy atom. The molecule has 2 N–H and O–H groups in total. The SMILES string of the molecule is Cc1c(F)cccc1NC1CC(=O)NC1=O. The lowest BCUT2D eigenvalue weighted by Gasteiger charge is -2.13. The van der Waals surface area contributed by atoms with Crippen molar-refractivity contribution < 1.29 is 14.0 Å². The second-order valence-corrected chi connectivity index (χ2v) is 3.73. The predicted octanol–water partition coefficient (Wildman–Crippen LogP) is 0.961. The van der Waals surface area contributed by atoms with Crippen LogP contribution in [0.15, 0.2) is 18.2 Å². The van der Waals surface area contributed by atoms with Crippen LogP contribution in [0.1, 0.15) is 12.0 Å². The minimum atomic E-state index is -0.604. The topological polar surface area (TPSA) is 58.2 Å². The smallest absolute Gasteiger partial charge is 0.249 e. The molecule has 5 heteroatoms. The Hall–Kier alpha value is -1.91. The van der Waals surface area contributed by atoms with Gasteiger partial charge in [-0.1, -0.05) is 6.07 Å². The monoisotopic (exact) mass is 222 g/mol. The van der Waals surface area contributed by atoms with Gasteiger partial charge in [0.15, 0.2) is 0 Å². The van der Waals surface area contributed by atoms with Crippen LogP contribution in [0.3, 0.4) is 0 Å². The maximum absolute atomic E-state index is 13.2. The van der Waals surface area contributed by atoms with E-state index in [1.807, 2.05) is 0 Å². The van der Waals surface area contributed by atoms with Crippen LogP contribution in [0.4, 0.5) is 10.1 Å². The van der Waals surface area contributed by atoms with Crippen molar-refractivity contribution in [3.05, 3.63) is 29.6 Å². The van der Waals surface area contributed by atoms with Crippen molar-refractivity contribution in [3.8, 4) is 0 Å². The molecule has 0 saturated carbocycles. The van der Waals surface area contributed by atoms with E-state index in [9.17, 15) is 14.0 Å². The van der Waals surface area contributed by atoms with Crippen LogP contribution in [0.25, 0.3) is 0 Å². The van der Waals surface area contributed by atoms with E-state index in [1.54, 1.807) is 19.1 Å². The van der Waals surface area contributed by atoms with Crippen molar-refractivity contribution >= 4 is 17.5 Å². The van der Waals surface area contributed by atoms with E-state index >= 15 is 0 Å². The summed E-state index contributed by atoms with van der Waals surface area (Å²) in [6.45, 7) is 1.62. The van der Waals surface area contributed by atoms with E-state index in [0.29, 0.717) is 11.3 Å². The van der Waals surface area contributed by atoms with Crippen LogP contribution in [0.5, 0.6) is 0 Å². The average molecular weight is 222 g/mol. The van der Waals surface area contributed by atoms with Gasteiger partial charge in [0.2, 0.25) is 11.8 Å². The number of halogens is 1. The molecule has 0 aliphatic carbocycles. The molecule has 1 aromatic carbocycles. The molecule has 84 valence electrons. The average Bonchev–Trinajstić information content (AvgIpc) is 2.53. The van der Waals surface area contributed by atoms with Gasteiger partial charge in [-0.25, -0.2) is 4.39 Å². The van der Waals surface area contributed by atoms with Crippen LogP contribution in [0.2, 0.25) is 0 Å². The van der Waals surface area contributed by atoms with Crippen molar-refractivity contribution in [1.82, 2.24) is 5.32 Å². The van der Waals surface area contributed by atoms with Crippen molar-refractivity contribution in [1.29, 1.82) is 0 Å². The van der Waals surface area contributed by atoms with Crippen molar-refractivity contribution in [2.45, 2.75) is 19.4 Å². The largest absolute Gasteiger partial charge is 0.373 e. The van der Waals surface area contributed by atoms with Gasteiger partial charge < -0.3 is 5.32 Å². The molecule has 2 rings (SSSR count). The molecule has 1 heterocycles. The predicted molar refractivity (Wildman–Crippen MR) is 56.3 cm³/mol. The van der Waals surface area contributed by atoms with Crippen LogP contribution in [0, 0.1) is 12.7 Å². The maximum Gasteiger partial charge on any atom is 0.249 e. The van der Waals surface area contributed by atoms with Crippen LogP contribution in [-0.4, -0.2) is 17.9 Å². The van der Waals surface area contributed by atoms with Crippen molar-refractivity contribution in [2.24, 2.45) is 0 Å². The molecular formula is C11H11FN2O2. The lowest BCUT2D eigenvalue weighted by atomic mass is 10.1. The van der Waals surface area contributed by atoms with Gasteiger partial charge in [0.25, 0.3) is 0 Å². The van der Waals surface area contributed by atoms with Gasteiger partial charge in [-0.15, -0.1) is 0 Å². The number of hydrogen-bond acceptors (Lipinski definition) is 3. The number of benzene rings is 1. The van der Waals surface area contributed by atoms with Gasteiger partial charge in [0.05, 0.1) is 6.42 Å². The number of carbonyl (C=O) groups is 2. The fraction of sp³-hybridized carbons (Fsp3) is 0.273. The molecular weight excluding hydrogens is 211 g/mol. The summed E-state index contributed by atoms with van der Waals surface area (Å²) < 4.78 is 13.2. The van der Waals surface area contributed by atoms with Crippen molar-refractivity contribution in [2.75, 3.05) is 5.32 Å². The number of imide groups is 1. The first-order valence-electron chi connectivity index (χ1n) is 4.93. The quantitative estimate of drug-likeness (QED) is 0.733. The third-order valence-electron chi connectivity index (χ3n) is 2.57. The Balaban J connectivity index is 2.18. The van der Waals surface area contributed by atoms with Gasteiger partial charge in [-0.2, -0.15) is 0 Å². The van der Waals surface area contributed by atoms with E-state index in [0.717, 1.165) is 0 Å². The summed E-state index contributed by atoms with van der Waals surface area (Å²) in [5.74, 6) is -1.01. The molecule has 1 aromatic rings. The number of nitrogens with one attached hydrogen (secondary N) is 2. The van der Waals surface area contributed by atoms with Gasteiger partial charge in [-0.3, -0.25) is 14.9 Å². The number of rotatable bonds is 2. The Labute approximate surface area is 91.8 Å². The molecule has 0 bridgehead atoms. The minimum absolute atomic E-state index is 0.0921. The van der Waals surface area contributed by atoms with E-state index in [1.165, 1.54) is 6.07 Å². The molecule has 4 nitrogen and oxygen atoms in total. The standard InChI is InChI=1S/C11H11FN2O2/c1-6-7(12)3-2-4-8(6)13-9-5-10(15)14-11(9)16/h2-4,9,13H,5H2,1H3,(H,14,15,16). The summed E-state index contributed by atoms with van der Waals surface area (Å²) in [5.41, 5.74) is 0.976. The van der Waals surface area contributed by atoms with Crippen LogP contribution >= 0.6 is 0 Å². The molecule has 1 unspecified atom stereocenters. The van der Waals surface area contributed by atoms with Gasteiger partial charge in [0, 0.05) is 11.3 Å². The van der Waals surface area contributed by atoms with E-state index in [-0.39, 0.29) is 24.1 Å². The van der Waals surface area contributed by atoms with E-state index < -0.39 is 6.04 Å². The third-order valence-corrected chi connectivity index (χ3v) is 2.57. The fourth-order valence-electron chi connectivity index (χ4n) is 1.62. The molecule has 0 spiro atoms. The first-order valence-corrected chi connectivity index (χ1v) is 4.93. The van der Waals surface area contributed by atoms with Crippen LogP contribution < -0.4 is 10.6 Å². The second-order valence-electron chi connectivity index (χ2n) is 3.73. The number of amides is 2. The summed E-state index contributed by atoms with van der Waals surface area (Å²) in [6.07, 6.45) is 0.0921. The van der Waals surface area contributed by atoms with Gasteiger partial charge in [0.1, 0.15) is 11.9 Å². The summed E-state index contributed by atoms with van der Waals surface area (Å²) >= 11 is 0. The highest BCUT2D eigenvalue weighted by Gasteiger charge is 2.30. The van der Waals surface area contributed by atoms with Crippen LogP contribution in [-0.2, 0) is 9.59 Å². The van der Waals surface area contributed by atoms with E-state index in [4.69, 9.17) is 0 Å². The highest BCUT2D eigenvalue weighted by molar-refractivity contribution is 6.06. The number of hydrogen-bond donors (Lipinski definition) is 2. The van der Waals surface area contributed by atoms with Gasteiger partial charge in [-0.05, 0) is 19.1 Å². The Bertz CT molecular complexity index is 459. The first kappa shape index (κ1) is 10.6. The van der Waals surface area contributed by atoms with Gasteiger partial charge >= 0.3 is 0 Å².